The van der Waals surface area contributed by atoms with E-state index in [-0.39, 0.29) is 0 Å². The zero-order valence-corrected chi connectivity index (χ0v) is 12.0. The highest BCUT2D eigenvalue weighted by molar-refractivity contribution is 9.10. The summed E-state index contributed by atoms with van der Waals surface area (Å²) in [4.78, 5) is 6.86. The van der Waals surface area contributed by atoms with Gasteiger partial charge in [0, 0.05) is 30.9 Å². The van der Waals surface area contributed by atoms with Crippen LogP contribution in [0.4, 0.5) is 5.82 Å². The van der Waals surface area contributed by atoms with Gasteiger partial charge >= 0.3 is 0 Å². The van der Waals surface area contributed by atoms with Gasteiger partial charge in [-0.3, -0.25) is 0 Å². The fraction of sp³-hybridized carbons (Fsp3) is 0.615. The Morgan fingerprint density at radius 3 is 3.12 bits per heavy atom. The molecule has 1 aromatic rings. The molecule has 1 aromatic heterocycles. The average Bonchev–Trinajstić information content (AvgIpc) is 2.33. The van der Waals surface area contributed by atoms with Crippen molar-refractivity contribution in [3.8, 4) is 0 Å². The van der Waals surface area contributed by atoms with Crippen LogP contribution < -0.4 is 4.90 Å². The van der Waals surface area contributed by atoms with Crippen LogP contribution in [0.15, 0.2) is 16.7 Å². The normalized spacial score (nSPS) is 20.6. The summed E-state index contributed by atoms with van der Waals surface area (Å²) in [7, 11) is 1.78. The van der Waals surface area contributed by atoms with Crippen LogP contribution in [0.25, 0.3) is 0 Å². The largest absolute Gasteiger partial charge is 0.384 e. The smallest absolute Gasteiger partial charge is 0.128 e. The van der Waals surface area contributed by atoms with Gasteiger partial charge in [-0.15, -0.1) is 0 Å². The number of anilines is 1. The molecule has 3 nitrogen and oxygen atoms in total. The lowest BCUT2D eigenvalue weighted by Gasteiger charge is -2.33. The van der Waals surface area contributed by atoms with E-state index in [4.69, 9.17) is 4.74 Å². The molecule has 0 radical (unpaired) electrons. The predicted molar refractivity (Wildman–Crippen MR) is 73.5 cm³/mol. The zero-order chi connectivity index (χ0) is 12.3. The number of hydrogen-bond donors (Lipinski definition) is 0. The van der Waals surface area contributed by atoms with Crippen LogP contribution in [0, 0.1) is 12.8 Å². The Labute approximate surface area is 111 Å². The van der Waals surface area contributed by atoms with Crippen LogP contribution in [0.5, 0.6) is 0 Å². The summed E-state index contributed by atoms with van der Waals surface area (Å²) in [6.07, 6.45) is 4.38. The molecule has 4 heteroatoms. The molecular weight excluding hydrogens is 280 g/mol. The molecule has 1 aliphatic heterocycles. The lowest BCUT2D eigenvalue weighted by Crippen LogP contribution is -2.37. The Hall–Kier alpha value is -0.610. The summed E-state index contributed by atoms with van der Waals surface area (Å²) in [5.74, 6) is 1.73. The van der Waals surface area contributed by atoms with Crippen LogP contribution >= 0.6 is 15.9 Å². The number of rotatable bonds is 3. The van der Waals surface area contributed by atoms with E-state index >= 15 is 0 Å². The van der Waals surface area contributed by atoms with Gasteiger partial charge in [0.1, 0.15) is 5.82 Å². The van der Waals surface area contributed by atoms with E-state index in [9.17, 15) is 0 Å². The van der Waals surface area contributed by atoms with Gasteiger partial charge in [0.15, 0.2) is 0 Å². The van der Waals surface area contributed by atoms with E-state index in [1.165, 1.54) is 18.4 Å². The molecule has 0 aromatic carbocycles. The van der Waals surface area contributed by atoms with E-state index in [1.807, 2.05) is 6.20 Å². The number of aromatic nitrogens is 1. The molecule has 17 heavy (non-hydrogen) atoms. The third kappa shape index (κ3) is 3.19. The van der Waals surface area contributed by atoms with Gasteiger partial charge in [-0.1, -0.05) is 0 Å². The van der Waals surface area contributed by atoms with Crippen molar-refractivity contribution < 1.29 is 4.74 Å². The average molecular weight is 299 g/mol. The van der Waals surface area contributed by atoms with E-state index in [1.54, 1.807) is 7.11 Å². The van der Waals surface area contributed by atoms with E-state index < -0.39 is 0 Å². The van der Waals surface area contributed by atoms with E-state index in [0.717, 1.165) is 30.0 Å². The van der Waals surface area contributed by atoms with Crippen molar-refractivity contribution in [3.63, 3.8) is 0 Å². The summed E-state index contributed by atoms with van der Waals surface area (Å²) in [6, 6.07) is 2.15. The second-order valence-corrected chi connectivity index (χ2v) is 5.56. The van der Waals surface area contributed by atoms with E-state index in [0.29, 0.717) is 5.92 Å². The molecule has 0 amide bonds. The number of aryl methyl sites for hydroxylation is 1. The first-order valence-corrected chi connectivity index (χ1v) is 6.86. The minimum absolute atomic E-state index is 0.638. The molecule has 0 aliphatic carbocycles. The molecule has 1 saturated heterocycles. The third-order valence-electron chi connectivity index (χ3n) is 3.28. The van der Waals surface area contributed by atoms with Crippen molar-refractivity contribution in [2.45, 2.75) is 19.8 Å². The highest BCUT2D eigenvalue weighted by atomic mass is 79.9. The maximum absolute atomic E-state index is 5.25. The van der Waals surface area contributed by atoms with Gasteiger partial charge in [-0.05, 0) is 53.2 Å². The van der Waals surface area contributed by atoms with Crippen molar-refractivity contribution >= 4 is 21.7 Å². The first-order valence-electron chi connectivity index (χ1n) is 6.06. The molecular formula is C13H19BrN2O. The molecule has 1 aliphatic rings. The number of halogens is 1. The van der Waals surface area contributed by atoms with Gasteiger partial charge in [-0.2, -0.15) is 0 Å². The maximum atomic E-state index is 5.25. The van der Waals surface area contributed by atoms with Gasteiger partial charge in [-0.25, -0.2) is 4.98 Å². The third-order valence-corrected chi connectivity index (χ3v) is 4.11. The highest BCUT2D eigenvalue weighted by Crippen LogP contribution is 2.24. The van der Waals surface area contributed by atoms with Crippen LogP contribution in [0.2, 0.25) is 0 Å². The molecule has 1 atom stereocenters. The maximum Gasteiger partial charge on any atom is 0.128 e. The first-order chi connectivity index (χ1) is 8.20. The van der Waals surface area contributed by atoms with Gasteiger partial charge in [0.05, 0.1) is 6.61 Å². The highest BCUT2D eigenvalue weighted by Gasteiger charge is 2.20. The number of pyridine rings is 1. The van der Waals surface area contributed by atoms with Crippen LogP contribution in [-0.2, 0) is 4.74 Å². The molecule has 1 fully saturated rings. The Balaban J connectivity index is 2.08. The summed E-state index contributed by atoms with van der Waals surface area (Å²) < 4.78 is 6.33. The fourth-order valence-electron chi connectivity index (χ4n) is 2.34. The van der Waals surface area contributed by atoms with Gasteiger partial charge < -0.3 is 9.64 Å². The zero-order valence-electron chi connectivity index (χ0n) is 10.4. The Kier molecular flexibility index (Phi) is 4.40. The molecule has 2 rings (SSSR count). The molecule has 2 heterocycles. The first kappa shape index (κ1) is 12.8. The Bertz CT molecular complexity index is 382. The van der Waals surface area contributed by atoms with Crippen LogP contribution in [0.1, 0.15) is 18.4 Å². The van der Waals surface area contributed by atoms with Gasteiger partial charge in [0.25, 0.3) is 0 Å². The van der Waals surface area contributed by atoms with Crippen molar-refractivity contribution in [3.05, 3.63) is 22.3 Å². The lowest BCUT2D eigenvalue weighted by molar-refractivity contribution is 0.143. The predicted octanol–water partition coefficient (Wildman–Crippen LogP) is 3.02. The SMILES string of the molecule is COCC1CCCN(c2cc(C)c(Br)cn2)C1. The molecule has 0 spiro atoms. The summed E-state index contributed by atoms with van der Waals surface area (Å²) in [5, 5.41) is 0. The number of methoxy groups -OCH3 is 1. The van der Waals surface area contributed by atoms with Crippen molar-refractivity contribution in [2.24, 2.45) is 5.92 Å². The van der Waals surface area contributed by atoms with E-state index in [2.05, 4.69) is 38.8 Å². The number of ether oxygens (including phenoxy) is 1. The van der Waals surface area contributed by atoms with Crippen molar-refractivity contribution in [2.75, 3.05) is 31.7 Å². The molecule has 94 valence electrons. The quantitative estimate of drug-likeness (QED) is 0.858. The minimum atomic E-state index is 0.638. The molecule has 0 saturated carbocycles. The fourth-order valence-corrected chi connectivity index (χ4v) is 2.56. The standard InChI is InChI=1S/C13H19BrN2O/c1-10-6-13(15-7-12(10)14)16-5-3-4-11(8-16)9-17-2/h6-7,11H,3-5,8-9H2,1-2H3. The molecule has 0 bridgehead atoms. The number of hydrogen-bond acceptors (Lipinski definition) is 3. The molecule has 0 N–H and O–H groups in total. The summed E-state index contributed by atoms with van der Waals surface area (Å²) >= 11 is 3.49. The monoisotopic (exact) mass is 298 g/mol. The minimum Gasteiger partial charge on any atom is -0.384 e. The van der Waals surface area contributed by atoms with Crippen molar-refractivity contribution in [1.29, 1.82) is 0 Å². The second kappa shape index (κ2) is 5.83. The van der Waals surface area contributed by atoms with Gasteiger partial charge in [0.2, 0.25) is 0 Å². The summed E-state index contributed by atoms with van der Waals surface area (Å²) in [5.41, 5.74) is 1.24. The lowest BCUT2D eigenvalue weighted by atomic mass is 9.99. The number of piperidine rings is 1. The number of nitrogens with zero attached hydrogens (tertiary/aromatic N) is 2. The summed E-state index contributed by atoms with van der Waals surface area (Å²) in [6.45, 7) is 5.12. The molecule has 1 unspecified atom stereocenters. The van der Waals surface area contributed by atoms with Crippen molar-refractivity contribution in [1.82, 2.24) is 4.98 Å². The Morgan fingerprint density at radius 1 is 1.59 bits per heavy atom. The van der Waals surface area contributed by atoms with Crippen LogP contribution in [0.3, 0.4) is 0 Å². The Morgan fingerprint density at radius 2 is 2.41 bits per heavy atom. The topological polar surface area (TPSA) is 25.4 Å². The van der Waals surface area contributed by atoms with Crippen LogP contribution in [-0.4, -0.2) is 31.8 Å². The second-order valence-electron chi connectivity index (χ2n) is 4.70.